The van der Waals surface area contributed by atoms with E-state index in [0.717, 1.165) is 24.9 Å². The zero-order chi connectivity index (χ0) is 14.7. The van der Waals surface area contributed by atoms with E-state index in [9.17, 15) is 4.39 Å². The first kappa shape index (κ1) is 14.2. The first-order chi connectivity index (χ1) is 10.3. The Morgan fingerprint density at radius 2 is 2.10 bits per heavy atom. The van der Waals surface area contributed by atoms with Crippen LogP contribution in [0.2, 0.25) is 0 Å². The van der Waals surface area contributed by atoms with Crippen molar-refractivity contribution in [2.24, 2.45) is 5.73 Å². The number of nitrogens with two attached hydrogens (primary N) is 1. The second-order valence-corrected chi connectivity index (χ2v) is 5.51. The molecule has 2 heterocycles. The van der Waals surface area contributed by atoms with Crippen LogP contribution in [0.25, 0.3) is 0 Å². The minimum absolute atomic E-state index is 0.156. The zero-order valence-corrected chi connectivity index (χ0v) is 12.0. The summed E-state index contributed by atoms with van der Waals surface area (Å²) in [5.74, 6) is -0.156. The van der Waals surface area contributed by atoms with E-state index in [-0.39, 0.29) is 12.4 Å². The van der Waals surface area contributed by atoms with E-state index in [1.165, 1.54) is 5.56 Å². The molecule has 3 rings (SSSR count). The standard InChI is InChI=1S/C17H20FN3/c18-17-13(10-19)4-1-5-15(17)12-21-9-3-7-16(21)14-6-2-8-20-11-14/h1-2,4-6,8,11,16H,3,7,9-10,12,19H2. The summed E-state index contributed by atoms with van der Waals surface area (Å²) in [4.78, 5) is 6.53. The molecule has 21 heavy (non-hydrogen) atoms. The highest BCUT2D eigenvalue weighted by atomic mass is 19.1. The number of pyridine rings is 1. The van der Waals surface area contributed by atoms with Crippen LogP contribution in [-0.4, -0.2) is 16.4 Å². The first-order valence-corrected chi connectivity index (χ1v) is 7.40. The molecule has 0 spiro atoms. The van der Waals surface area contributed by atoms with Gasteiger partial charge in [-0.2, -0.15) is 0 Å². The van der Waals surface area contributed by atoms with Crippen LogP contribution in [0.1, 0.15) is 35.6 Å². The number of rotatable bonds is 4. The van der Waals surface area contributed by atoms with Crippen LogP contribution < -0.4 is 5.73 Å². The van der Waals surface area contributed by atoms with Gasteiger partial charge in [0.25, 0.3) is 0 Å². The number of nitrogens with zero attached hydrogens (tertiary/aromatic N) is 2. The molecule has 1 atom stereocenters. The summed E-state index contributed by atoms with van der Waals surface area (Å²) in [6.45, 7) is 1.86. The Hall–Kier alpha value is -1.78. The van der Waals surface area contributed by atoms with Gasteiger partial charge < -0.3 is 5.73 Å². The molecule has 1 aromatic carbocycles. The van der Waals surface area contributed by atoms with Gasteiger partial charge in [0.15, 0.2) is 0 Å². The van der Waals surface area contributed by atoms with Gasteiger partial charge in [-0.1, -0.05) is 24.3 Å². The van der Waals surface area contributed by atoms with Gasteiger partial charge >= 0.3 is 0 Å². The molecule has 0 saturated carbocycles. The third-order valence-corrected chi connectivity index (χ3v) is 4.18. The van der Waals surface area contributed by atoms with Gasteiger partial charge in [0.05, 0.1) is 0 Å². The molecule has 0 radical (unpaired) electrons. The van der Waals surface area contributed by atoms with Gasteiger partial charge in [0.2, 0.25) is 0 Å². The molecule has 2 aromatic rings. The van der Waals surface area contributed by atoms with Gasteiger partial charge in [-0.15, -0.1) is 0 Å². The molecule has 0 bridgehead atoms. The van der Waals surface area contributed by atoms with Gasteiger partial charge in [-0.25, -0.2) is 4.39 Å². The van der Waals surface area contributed by atoms with E-state index in [4.69, 9.17) is 5.73 Å². The van der Waals surface area contributed by atoms with E-state index in [0.29, 0.717) is 18.2 Å². The molecule has 1 aliphatic rings. The smallest absolute Gasteiger partial charge is 0.132 e. The molecule has 2 N–H and O–H groups in total. The van der Waals surface area contributed by atoms with Gasteiger partial charge in [-0.3, -0.25) is 9.88 Å². The summed E-state index contributed by atoms with van der Waals surface area (Å²) in [5.41, 5.74) is 8.12. The summed E-state index contributed by atoms with van der Waals surface area (Å²) in [7, 11) is 0. The summed E-state index contributed by atoms with van der Waals surface area (Å²) >= 11 is 0. The van der Waals surface area contributed by atoms with E-state index >= 15 is 0 Å². The Bertz CT molecular complexity index is 600. The second-order valence-electron chi connectivity index (χ2n) is 5.51. The lowest BCUT2D eigenvalue weighted by molar-refractivity contribution is 0.244. The molecule has 0 amide bonds. The minimum Gasteiger partial charge on any atom is -0.326 e. The third-order valence-electron chi connectivity index (χ3n) is 4.18. The molecule has 110 valence electrons. The molecule has 4 heteroatoms. The maximum atomic E-state index is 14.3. The van der Waals surface area contributed by atoms with Gasteiger partial charge in [0, 0.05) is 42.7 Å². The Morgan fingerprint density at radius 1 is 1.24 bits per heavy atom. The van der Waals surface area contributed by atoms with Crippen LogP contribution in [0, 0.1) is 5.82 Å². The van der Waals surface area contributed by atoms with E-state index in [1.54, 1.807) is 12.3 Å². The van der Waals surface area contributed by atoms with Crippen molar-refractivity contribution < 1.29 is 4.39 Å². The fourth-order valence-electron chi connectivity index (χ4n) is 3.10. The SMILES string of the molecule is NCc1cccc(CN2CCCC2c2cccnc2)c1F. The molecular formula is C17H20FN3. The van der Waals surface area contributed by atoms with E-state index in [1.807, 2.05) is 24.4 Å². The van der Waals surface area contributed by atoms with Crippen molar-refractivity contribution in [3.8, 4) is 0 Å². The number of aromatic nitrogens is 1. The lowest BCUT2D eigenvalue weighted by atomic mass is 10.1. The highest BCUT2D eigenvalue weighted by Crippen LogP contribution is 2.33. The second kappa shape index (κ2) is 6.33. The molecule has 1 saturated heterocycles. The topological polar surface area (TPSA) is 42.1 Å². The fourth-order valence-corrected chi connectivity index (χ4v) is 3.10. The number of hydrogen-bond acceptors (Lipinski definition) is 3. The first-order valence-electron chi connectivity index (χ1n) is 7.40. The molecule has 1 fully saturated rings. The van der Waals surface area contributed by atoms with Crippen LogP contribution in [0.3, 0.4) is 0 Å². The Morgan fingerprint density at radius 3 is 2.86 bits per heavy atom. The normalized spacial score (nSPS) is 19.0. The Balaban J connectivity index is 1.81. The average Bonchev–Trinajstić information content (AvgIpc) is 2.98. The summed E-state index contributed by atoms with van der Waals surface area (Å²) in [6, 6.07) is 9.88. The summed E-state index contributed by atoms with van der Waals surface area (Å²) < 4.78 is 14.3. The summed E-state index contributed by atoms with van der Waals surface area (Å²) in [5, 5.41) is 0. The van der Waals surface area contributed by atoms with Crippen molar-refractivity contribution >= 4 is 0 Å². The minimum atomic E-state index is -0.156. The van der Waals surface area contributed by atoms with Crippen LogP contribution in [-0.2, 0) is 13.1 Å². The Labute approximate surface area is 124 Å². The average molecular weight is 285 g/mol. The lowest BCUT2D eigenvalue weighted by Gasteiger charge is -2.25. The van der Waals surface area contributed by atoms with Crippen LogP contribution in [0.15, 0.2) is 42.7 Å². The van der Waals surface area contributed by atoms with Crippen molar-refractivity contribution in [3.63, 3.8) is 0 Å². The fraction of sp³-hybridized carbons (Fsp3) is 0.353. The molecule has 1 unspecified atom stereocenters. The van der Waals surface area contributed by atoms with Crippen molar-refractivity contribution in [1.29, 1.82) is 0 Å². The summed E-state index contributed by atoms with van der Waals surface area (Å²) in [6.07, 6.45) is 5.94. The van der Waals surface area contributed by atoms with Crippen molar-refractivity contribution in [1.82, 2.24) is 9.88 Å². The number of hydrogen-bond donors (Lipinski definition) is 1. The van der Waals surface area contributed by atoms with E-state index < -0.39 is 0 Å². The largest absolute Gasteiger partial charge is 0.326 e. The number of halogens is 1. The molecule has 3 nitrogen and oxygen atoms in total. The predicted molar refractivity (Wildman–Crippen MR) is 80.9 cm³/mol. The highest BCUT2D eigenvalue weighted by molar-refractivity contribution is 5.26. The lowest BCUT2D eigenvalue weighted by Crippen LogP contribution is -2.23. The molecule has 0 aliphatic carbocycles. The number of likely N-dealkylation sites (tertiary alicyclic amines) is 1. The van der Waals surface area contributed by atoms with Gasteiger partial charge in [-0.05, 0) is 31.0 Å². The Kier molecular flexibility index (Phi) is 4.27. The third kappa shape index (κ3) is 2.96. The van der Waals surface area contributed by atoms with Crippen LogP contribution in [0.5, 0.6) is 0 Å². The van der Waals surface area contributed by atoms with Crippen molar-refractivity contribution in [3.05, 3.63) is 65.2 Å². The molecular weight excluding hydrogens is 265 g/mol. The number of benzene rings is 1. The van der Waals surface area contributed by atoms with Crippen molar-refractivity contribution in [2.45, 2.75) is 32.0 Å². The molecule has 1 aliphatic heterocycles. The monoisotopic (exact) mass is 285 g/mol. The zero-order valence-electron chi connectivity index (χ0n) is 12.0. The van der Waals surface area contributed by atoms with Gasteiger partial charge in [0.1, 0.15) is 5.82 Å². The quantitative estimate of drug-likeness (QED) is 0.939. The maximum Gasteiger partial charge on any atom is 0.132 e. The van der Waals surface area contributed by atoms with E-state index in [2.05, 4.69) is 16.0 Å². The van der Waals surface area contributed by atoms with Crippen LogP contribution in [0.4, 0.5) is 4.39 Å². The molecule has 1 aromatic heterocycles. The predicted octanol–water partition coefficient (Wildman–Crippen LogP) is 3.02. The van der Waals surface area contributed by atoms with Crippen molar-refractivity contribution in [2.75, 3.05) is 6.54 Å². The maximum absolute atomic E-state index is 14.3. The van der Waals surface area contributed by atoms with Crippen LogP contribution >= 0.6 is 0 Å². The highest BCUT2D eigenvalue weighted by Gasteiger charge is 2.26.